The predicted molar refractivity (Wildman–Crippen MR) is 135 cm³/mol. The number of hydrogen-bond acceptors (Lipinski definition) is 8. The summed E-state index contributed by atoms with van der Waals surface area (Å²) in [7, 11) is 0. The van der Waals surface area contributed by atoms with Crippen molar-refractivity contribution < 1.29 is 34.8 Å². The van der Waals surface area contributed by atoms with Crippen LogP contribution in [0.15, 0.2) is 24.3 Å². The molecule has 0 heterocycles. The Hall–Kier alpha value is -3.18. The minimum Gasteiger partial charge on any atom is -0.463 e. The highest BCUT2D eigenvalue weighted by Crippen LogP contribution is 2.17. The highest BCUT2D eigenvalue weighted by atomic mass is 16.5. The average Bonchev–Trinajstić information content (AvgIpc) is 2.85. The maximum atomic E-state index is 13.5. The van der Waals surface area contributed by atoms with E-state index < -0.39 is 30.5 Å². The highest BCUT2D eigenvalue weighted by molar-refractivity contribution is 5.94. The standard InChI is InChI=1S/C25H40N4O7/c1-4-12-34-13-14-35-16-22(31)29-23(18(2)3)24(32)21(6-5-11-27-25(26)33)28-20-9-7-19(8-10-20)15-36-17-30/h7-10,17-18,21,23,28H,4-6,11-16H2,1-3H3,(H,29,31)(H3,26,27,33)/i17D. The van der Waals surface area contributed by atoms with Crippen molar-refractivity contribution >= 4 is 29.9 Å². The van der Waals surface area contributed by atoms with Crippen LogP contribution >= 0.6 is 0 Å². The van der Waals surface area contributed by atoms with Crippen molar-refractivity contribution in [2.45, 2.75) is 58.7 Å². The van der Waals surface area contributed by atoms with Crippen LogP contribution in [0.4, 0.5) is 10.5 Å². The van der Waals surface area contributed by atoms with Crippen molar-refractivity contribution in [3.8, 4) is 0 Å². The van der Waals surface area contributed by atoms with Gasteiger partial charge in [-0.15, -0.1) is 0 Å². The summed E-state index contributed by atoms with van der Waals surface area (Å²) in [6, 6.07) is 4.81. The van der Waals surface area contributed by atoms with Gasteiger partial charge < -0.3 is 35.9 Å². The summed E-state index contributed by atoms with van der Waals surface area (Å²) in [6.07, 6.45) is 0.637. The Balaban J connectivity index is 2.83. The molecule has 202 valence electrons. The van der Waals surface area contributed by atoms with Crippen LogP contribution in [-0.4, -0.2) is 69.2 Å². The molecule has 5 N–H and O–H groups in total. The second kappa shape index (κ2) is 18.1. The van der Waals surface area contributed by atoms with Gasteiger partial charge in [0, 0.05) is 18.8 Å². The van der Waals surface area contributed by atoms with Crippen LogP contribution in [0, 0.1) is 5.92 Å². The molecule has 0 aliphatic rings. The third kappa shape index (κ3) is 13.1. The molecule has 3 amide bonds. The zero-order valence-corrected chi connectivity index (χ0v) is 21.3. The molecule has 0 saturated heterocycles. The molecule has 36 heavy (non-hydrogen) atoms. The number of ketones is 1. The van der Waals surface area contributed by atoms with Gasteiger partial charge in [0.2, 0.25) is 5.91 Å². The molecule has 11 nitrogen and oxygen atoms in total. The fourth-order valence-electron chi connectivity index (χ4n) is 3.34. The number of carbonyl (C=O) groups excluding carboxylic acids is 4. The van der Waals surface area contributed by atoms with Gasteiger partial charge in [-0.2, -0.15) is 0 Å². The molecule has 11 heteroatoms. The lowest BCUT2D eigenvalue weighted by molar-refractivity contribution is -0.132. The van der Waals surface area contributed by atoms with Crippen LogP contribution in [0.2, 0.25) is 0 Å². The molecule has 0 bridgehead atoms. The van der Waals surface area contributed by atoms with E-state index in [0.717, 1.165) is 6.42 Å². The van der Waals surface area contributed by atoms with Crippen LogP contribution in [0.3, 0.4) is 0 Å². The quantitative estimate of drug-likeness (QED) is 0.162. The molecule has 2 unspecified atom stereocenters. The fourth-order valence-corrected chi connectivity index (χ4v) is 3.34. The van der Waals surface area contributed by atoms with Gasteiger partial charge in [-0.05, 0) is 42.9 Å². The van der Waals surface area contributed by atoms with Gasteiger partial charge in [0.15, 0.2) is 7.15 Å². The summed E-state index contributed by atoms with van der Waals surface area (Å²) >= 11 is 0. The number of primary amides is 1. The minimum atomic E-state index is -1.12. The topological polar surface area (TPSA) is 158 Å². The first-order chi connectivity index (χ1) is 17.6. The molecule has 1 aromatic carbocycles. The van der Waals surface area contributed by atoms with Crippen molar-refractivity contribution in [3.63, 3.8) is 0 Å². The lowest BCUT2D eigenvalue weighted by Crippen LogP contribution is -2.51. The smallest absolute Gasteiger partial charge is 0.312 e. The van der Waals surface area contributed by atoms with E-state index in [1.54, 1.807) is 24.3 Å². The number of nitrogens with one attached hydrogen (secondary N) is 3. The van der Waals surface area contributed by atoms with E-state index in [4.69, 9.17) is 16.6 Å². The van der Waals surface area contributed by atoms with Gasteiger partial charge in [-0.1, -0.05) is 32.9 Å². The van der Waals surface area contributed by atoms with Crippen LogP contribution in [-0.2, 0) is 35.2 Å². The molecule has 2 atom stereocenters. The summed E-state index contributed by atoms with van der Waals surface area (Å²) in [4.78, 5) is 47.7. The molecule has 0 aliphatic heterocycles. The van der Waals surface area contributed by atoms with E-state index in [2.05, 4.69) is 20.7 Å². The van der Waals surface area contributed by atoms with Crippen molar-refractivity contribution in [3.05, 3.63) is 29.8 Å². The second-order valence-corrected chi connectivity index (χ2v) is 8.56. The number of nitrogens with two attached hydrogens (primary N) is 1. The molecule has 0 radical (unpaired) electrons. The Labute approximate surface area is 214 Å². The Morgan fingerprint density at radius 3 is 2.42 bits per heavy atom. The monoisotopic (exact) mass is 509 g/mol. The predicted octanol–water partition coefficient (Wildman–Crippen LogP) is 1.74. The number of rotatable bonds is 19. The van der Waals surface area contributed by atoms with Crippen LogP contribution in [0.25, 0.3) is 0 Å². The normalized spacial score (nSPS) is 12.8. The van der Waals surface area contributed by atoms with Crippen molar-refractivity contribution in [1.82, 2.24) is 10.6 Å². The number of urea groups is 1. The second-order valence-electron chi connectivity index (χ2n) is 8.56. The number of carbonyl (C=O) groups is 4. The molecule has 1 aromatic rings. The molecule has 0 fully saturated rings. The lowest BCUT2D eigenvalue weighted by Gasteiger charge is -2.27. The van der Waals surface area contributed by atoms with E-state index in [-0.39, 0.29) is 31.5 Å². The first kappa shape index (κ1) is 29.1. The van der Waals surface area contributed by atoms with Gasteiger partial charge in [-0.3, -0.25) is 14.4 Å². The number of hydrogen-bond donors (Lipinski definition) is 4. The molecule has 0 spiro atoms. The van der Waals surface area contributed by atoms with Gasteiger partial charge in [0.25, 0.3) is 6.45 Å². The van der Waals surface area contributed by atoms with Crippen LogP contribution in [0.5, 0.6) is 0 Å². The van der Waals surface area contributed by atoms with Gasteiger partial charge in [0.1, 0.15) is 13.2 Å². The fraction of sp³-hybridized carbons (Fsp3) is 0.600. The Bertz CT molecular complexity index is 852. The number of ether oxygens (including phenoxy) is 3. The zero-order valence-electron chi connectivity index (χ0n) is 22.3. The Kier molecular flexibility index (Phi) is 14.6. The van der Waals surface area contributed by atoms with E-state index in [1.807, 2.05) is 20.8 Å². The van der Waals surface area contributed by atoms with Gasteiger partial charge in [-0.25, -0.2) is 4.79 Å². The number of Topliss-reactive ketones (excluding diaryl/α,β-unsaturated/α-hetero) is 1. The van der Waals surface area contributed by atoms with Crippen LogP contribution in [0.1, 0.15) is 47.0 Å². The van der Waals surface area contributed by atoms with E-state index in [0.29, 0.717) is 43.9 Å². The maximum Gasteiger partial charge on any atom is 0.312 e. The molecular weight excluding hydrogens is 468 g/mol. The Morgan fingerprint density at radius 1 is 1.11 bits per heavy atom. The van der Waals surface area contributed by atoms with Gasteiger partial charge >= 0.3 is 6.03 Å². The largest absolute Gasteiger partial charge is 0.463 e. The first-order valence-electron chi connectivity index (χ1n) is 12.6. The first-order valence-corrected chi connectivity index (χ1v) is 12.1. The summed E-state index contributed by atoms with van der Waals surface area (Å²) in [5.74, 6) is -0.787. The van der Waals surface area contributed by atoms with E-state index >= 15 is 0 Å². The SMILES string of the molecule is [2H]C(=O)OCc1ccc(NC(CCCNC(N)=O)C(=O)C(NC(=O)COCCOCCC)C(C)C)cc1. The van der Waals surface area contributed by atoms with Crippen molar-refractivity contribution in [2.75, 3.05) is 38.3 Å². The Morgan fingerprint density at radius 2 is 1.81 bits per heavy atom. The van der Waals surface area contributed by atoms with Crippen molar-refractivity contribution in [1.29, 1.82) is 0 Å². The molecule has 0 aliphatic carbocycles. The lowest BCUT2D eigenvalue weighted by atomic mass is 9.92. The average molecular weight is 510 g/mol. The van der Waals surface area contributed by atoms with Crippen molar-refractivity contribution in [2.24, 2.45) is 11.7 Å². The number of benzene rings is 1. The number of anilines is 1. The zero-order chi connectivity index (χ0) is 27.6. The molecule has 0 aromatic heterocycles. The maximum absolute atomic E-state index is 13.5. The summed E-state index contributed by atoms with van der Waals surface area (Å²) in [5, 5.41) is 8.49. The van der Waals surface area contributed by atoms with E-state index in [1.165, 1.54) is 0 Å². The third-order valence-corrected chi connectivity index (χ3v) is 5.15. The molecular formula is C25H40N4O7. The third-order valence-electron chi connectivity index (χ3n) is 5.15. The number of amides is 3. The molecule has 0 saturated carbocycles. The molecule has 1 rings (SSSR count). The summed E-state index contributed by atoms with van der Waals surface area (Å²) in [5.41, 5.74) is 6.46. The summed E-state index contributed by atoms with van der Waals surface area (Å²) < 4.78 is 22.2. The van der Waals surface area contributed by atoms with Gasteiger partial charge in [0.05, 0.1) is 25.3 Å². The minimum absolute atomic E-state index is 0.0297. The highest BCUT2D eigenvalue weighted by Gasteiger charge is 2.30. The van der Waals surface area contributed by atoms with E-state index in [9.17, 15) is 19.2 Å². The van der Waals surface area contributed by atoms with Crippen LogP contribution < -0.4 is 21.7 Å². The summed E-state index contributed by atoms with van der Waals surface area (Å²) in [6.45, 7) is 7.07.